The first kappa shape index (κ1) is 31.7. The fourth-order valence-corrected chi connectivity index (χ4v) is 5.28. The lowest BCUT2D eigenvalue weighted by Gasteiger charge is -2.41. The van der Waals surface area contributed by atoms with Crippen molar-refractivity contribution < 1.29 is 36.6 Å². The van der Waals surface area contributed by atoms with Crippen molar-refractivity contribution in [3.8, 4) is 5.75 Å². The summed E-state index contributed by atoms with van der Waals surface area (Å²) in [6, 6.07) is 13.3. The van der Waals surface area contributed by atoms with Crippen LogP contribution in [0.25, 0.3) is 0 Å². The van der Waals surface area contributed by atoms with Gasteiger partial charge in [0.25, 0.3) is 0 Å². The number of primary amides is 1. The molecule has 4 aromatic rings. The van der Waals surface area contributed by atoms with Gasteiger partial charge in [0.05, 0.1) is 11.3 Å². The van der Waals surface area contributed by atoms with E-state index in [0.717, 1.165) is 23.9 Å². The molecule has 1 aliphatic rings. The van der Waals surface area contributed by atoms with E-state index in [1.807, 2.05) is 4.90 Å². The zero-order chi connectivity index (χ0) is 32.4. The third-order valence-corrected chi connectivity index (χ3v) is 7.67. The number of amides is 2. The molecule has 0 spiro atoms. The summed E-state index contributed by atoms with van der Waals surface area (Å²) in [7, 11) is 0. The molecule has 2 atom stereocenters. The van der Waals surface area contributed by atoms with Crippen molar-refractivity contribution in [1.29, 1.82) is 0 Å². The quantitative estimate of drug-likeness (QED) is 0.231. The largest absolute Gasteiger partial charge is 0.487 e. The fraction of sp³-hybridized carbons (Fsp3) is 0.300. The summed E-state index contributed by atoms with van der Waals surface area (Å²) in [5, 5.41) is 20.9. The van der Waals surface area contributed by atoms with Crippen LogP contribution >= 0.6 is 0 Å². The normalized spacial score (nSPS) is 16.2. The van der Waals surface area contributed by atoms with Crippen molar-refractivity contribution in [3.63, 3.8) is 0 Å². The second-order valence-corrected chi connectivity index (χ2v) is 10.5. The molecule has 0 radical (unpaired) electrons. The van der Waals surface area contributed by atoms with Gasteiger partial charge in [-0.3, -0.25) is 5.10 Å². The average Bonchev–Trinajstić information content (AvgIpc) is 3.50. The van der Waals surface area contributed by atoms with Crippen molar-refractivity contribution in [2.75, 3.05) is 36.1 Å². The highest BCUT2D eigenvalue weighted by atomic mass is 19.4. The number of rotatable bonds is 9. The summed E-state index contributed by atoms with van der Waals surface area (Å²) in [6.45, 7) is 3.23. The Labute approximate surface area is 254 Å². The standard InChI is InChI=1S/C30H30F5N7O3/c1-19(29(44,17-27-37-18-38-39-27)25-11-4-21(31)16-26(25)32)45-24-9-7-22(8-10-24)40-12-14-41(15-13-40)42(28(36)43)23-5-2-20(3-6-23)30(33,34)35/h2-11,16,18-19,44H,12-15,17H2,1H3,(H2,36,43)(H,37,38,39). The number of hydrogen-bond acceptors (Lipinski definition) is 7. The summed E-state index contributed by atoms with van der Waals surface area (Å²) in [5.74, 6) is -1.06. The number of aromatic nitrogens is 3. The highest BCUT2D eigenvalue weighted by molar-refractivity contribution is 5.89. The summed E-state index contributed by atoms with van der Waals surface area (Å²) in [5.41, 5.74) is 3.70. The van der Waals surface area contributed by atoms with Crippen LogP contribution in [0.2, 0.25) is 0 Å². The molecule has 5 rings (SSSR count). The number of anilines is 2. The molecule has 4 N–H and O–H groups in total. The number of urea groups is 1. The topological polar surface area (TPSA) is 124 Å². The van der Waals surface area contributed by atoms with Gasteiger partial charge in [0.2, 0.25) is 0 Å². The number of aromatic amines is 1. The molecular formula is C30H30F5N7O3. The lowest BCUT2D eigenvalue weighted by atomic mass is 9.85. The zero-order valence-corrected chi connectivity index (χ0v) is 24.0. The minimum absolute atomic E-state index is 0.163. The number of nitrogens with one attached hydrogen (secondary N) is 1. The van der Waals surface area contributed by atoms with Gasteiger partial charge in [-0.2, -0.15) is 18.3 Å². The molecule has 0 bridgehead atoms. The summed E-state index contributed by atoms with van der Waals surface area (Å²) in [4.78, 5) is 18.3. The van der Waals surface area contributed by atoms with E-state index in [1.165, 1.54) is 29.5 Å². The van der Waals surface area contributed by atoms with Gasteiger partial charge in [-0.15, -0.1) is 0 Å². The second kappa shape index (κ2) is 12.7. The second-order valence-electron chi connectivity index (χ2n) is 10.5. The Morgan fingerprint density at radius 3 is 2.27 bits per heavy atom. The number of carbonyl (C=O) groups is 1. The van der Waals surface area contributed by atoms with Gasteiger partial charge in [0, 0.05) is 49.9 Å². The number of aliphatic hydroxyl groups is 1. The van der Waals surface area contributed by atoms with E-state index in [1.54, 1.807) is 36.2 Å². The zero-order valence-electron chi connectivity index (χ0n) is 24.0. The molecule has 15 heteroatoms. The van der Waals surface area contributed by atoms with E-state index in [-0.39, 0.29) is 23.5 Å². The van der Waals surface area contributed by atoms with Crippen LogP contribution in [-0.4, -0.2) is 63.6 Å². The molecule has 2 heterocycles. The van der Waals surface area contributed by atoms with Crippen molar-refractivity contribution in [3.05, 3.63) is 102 Å². The molecule has 2 unspecified atom stereocenters. The van der Waals surface area contributed by atoms with Gasteiger partial charge < -0.3 is 20.5 Å². The maximum atomic E-state index is 14.8. The number of hydrogen-bond donors (Lipinski definition) is 3. The van der Waals surface area contributed by atoms with E-state index in [0.29, 0.717) is 38.0 Å². The number of carbonyl (C=O) groups excluding carboxylic acids is 1. The van der Waals surface area contributed by atoms with Gasteiger partial charge in [-0.25, -0.2) is 28.6 Å². The monoisotopic (exact) mass is 631 g/mol. The number of alkyl halides is 3. The number of hydrazine groups is 1. The number of nitrogens with zero attached hydrogens (tertiary/aromatic N) is 5. The Morgan fingerprint density at radius 2 is 1.71 bits per heavy atom. The molecule has 3 aromatic carbocycles. The van der Waals surface area contributed by atoms with Crippen molar-refractivity contribution in [2.24, 2.45) is 5.73 Å². The molecule has 0 saturated carbocycles. The van der Waals surface area contributed by atoms with Crippen LogP contribution in [-0.2, 0) is 18.2 Å². The molecule has 2 amide bonds. The minimum atomic E-state index is -4.50. The van der Waals surface area contributed by atoms with Crippen molar-refractivity contribution >= 4 is 17.4 Å². The smallest absolute Gasteiger partial charge is 0.416 e. The molecule has 1 fully saturated rings. The average molecular weight is 632 g/mol. The Balaban J connectivity index is 1.25. The van der Waals surface area contributed by atoms with Gasteiger partial charge >= 0.3 is 12.2 Å². The van der Waals surface area contributed by atoms with Crippen LogP contribution in [0, 0.1) is 11.6 Å². The Morgan fingerprint density at radius 1 is 1.04 bits per heavy atom. The first-order valence-electron chi connectivity index (χ1n) is 13.9. The van der Waals surface area contributed by atoms with Gasteiger partial charge in [-0.05, 0) is 61.5 Å². The first-order valence-corrected chi connectivity index (χ1v) is 13.9. The molecule has 1 saturated heterocycles. The summed E-state index contributed by atoms with van der Waals surface area (Å²) >= 11 is 0. The molecule has 1 aliphatic heterocycles. The number of ether oxygens (including phenoxy) is 1. The predicted molar refractivity (Wildman–Crippen MR) is 154 cm³/mol. The predicted octanol–water partition coefficient (Wildman–Crippen LogP) is 4.62. The summed E-state index contributed by atoms with van der Waals surface area (Å²) in [6.07, 6.45) is -4.45. The minimum Gasteiger partial charge on any atom is -0.487 e. The van der Waals surface area contributed by atoms with E-state index in [4.69, 9.17) is 10.5 Å². The SMILES string of the molecule is CC(Oc1ccc(N2CCN(N(C(N)=O)c3ccc(C(F)(F)F)cc3)CC2)cc1)C(O)(Cc1ncn[nH]1)c1ccc(F)cc1F. The van der Waals surface area contributed by atoms with E-state index >= 15 is 0 Å². The van der Waals surface area contributed by atoms with E-state index in [9.17, 15) is 31.9 Å². The van der Waals surface area contributed by atoms with Gasteiger partial charge in [0.1, 0.15) is 41.2 Å². The van der Waals surface area contributed by atoms with E-state index < -0.39 is 41.1 Å². The third kappa shape index (κ3) is 6.99. The molecule has 0 aliphatic carbocycles. The number of benzene rings is 3. The fourth-order valence-electron chi connectivity index (χ4n) is 5.28. The van der Waals surface area contributed by atoms with E-state index in [2.05, 4.69) is 15.2 Å². The van der Waals surface area contributed by atoms with Gasteiger partial charge in [-0.1, -0.05) is 6.07 Å². The van der Waals surface area contributed by atoms with Gasteiger partial charge in [0.15, 0.2) is 0 Å². The van der Waals surface area contributed by atoms with Crippen molar-refractivity contribution in [2.45, 2.75) is 31.2 Å². The van der Waals surface area contributed by atoms with Crippen LogP contribution in [0.1, 0.15) is 23.9 Å². The van der Waals surface area contributed by atoms with Crippen LogP contribution in [0.4, 0.5) is 38.1 Å². The summed E-state index contributed by atoms with van der Waals surface area (Å²) < 4.78 is 73.4. The molecule has 10 nitrogen and oxygen atoms in total. The highest BCUT2D eigenvalue weighted by Crippen LogP contribution is 2.35. The maximum Gasteiger partial charge on any atom is 0.416 e. The Kier molecular flexibility index (Phi) is 8.93. The van der Waals surface area contributed by atoms with Crippen molar-refractivity contribution in [1.82, 2.24) is 20.2 Å². The molecular weight excluding hydrogens is 601 g/mol. The van der Waals surface area contributed by atoms with Crippen LogP contribution in [0.5, 0.6) is 5.75 Å². The number of nitrogens with two attached hydrogens (primary N) is 1. The Bertz CT molecular complexity index is 1600. The molecule has 238 valence electrons. The number of piperazine rings is 1. The lowest BCUT2D eigenvalue weighted by molar-refractivity contribution is -0.137. The number of halogens is 5. The highest BCUT2D eigenvalue weighted by Gasteiger charge is 2.41. The van der Waals surface area contributed by atoms with Crippen LogP contribution in [0.15, 0.2) is 73.1 Å². The number of H-pyrrole nitrogens is 1. The third-order valence-electron chi connectivity index (χ3n) is 7.67. The molecule has 1 aromatic heterocycles. The van der Waals surface area contributed by atoms with Crippen LogP contribution < -0.4 is 20.4 Å². The Hall–Kier alpha value is -4.76. The first-order chi connectivity index (χ1) is 21.3. The maximum absolute atomic E-state index is 14.8. The lowest BCUT2D eigenvalue weighted by Crippen LogP contribution is -2.57. The molecule has 45 heavy (non-hydrogen) atoms. The van der Waals surface area contributed by atoms with Crippen LogP contribution in [0.3, 0.4) is 0 Å².